The highest BCUT2D eigenvalue weighted by Crippen LogP contribution is 2.31. The molecule has 0 spiro atoms. The average molecular weight is 502 g/mol. The van der Waals surface area contributed by atoms with Gasteiger partial charge < -0.3 is 19.1 Å². The summed E-state index contributed by atoms with van der Waals surface area (Å²) in [6.07, 6.45) is 7.57. The maximum Gasteiger partial charge on any atom is 0.193 e. The van der Waals surface area contributed by atoms with E-state index in [1.165, 1.54) is 32.2 Å². The van der Waals surface area contributed by atoms with E-state index in [1.54, 1.807) is 14.2 Å². The van der Waals surface area contributed by atoms with Gasteiger partial charge in [0.05, 0.1) is 14.2 Å². The van der Waals surface area contributed by atoms with Gasteiger partial charge in [0.2, 0.25) is 0 Å². The predicted molar refractivity (Wildman–Crippen MR) is 149 cm³/mol. The molecule has 0 unspecified atom stereocenters. The fraction of sp³-hybridized carbons (Fsp3) is 0.406. The molecule has 196 valence electrons. The van der Waals surface area contributed by atoms with Crippen LogP contribution in [0.15, 0.2) is 66.7 Å². The number of hydrogen-bond acceptors (Lipinski definition) is 5. The zero-order valence-electron chi connectivity index (χ0n) is 22.4. The van der Waals surface area contributed by atoms with Crippen molar-refractivity contribution in [2.24, 2.45) is 0 Å². The lowest BCUT2D eigenvalue weighted by molar-refractivity contribution is 0.0994. The largest absolute Gasteiger partial charge is 0.497 e. The summed E-state index contributed by atoms with van der Waals surface area (Å²) in [5.41, 5.74) is 3.02. The normalized spacial score (nSPS) is 14.4. The van der Waals surface area contributed by atoms with Gasteiger partial charge in [-0.3, -0.25) is 4.79 Å². The second-order valence-corrected chi connectivity index (χ2v) is 9.71. The van der Waals surface area contributed by atoms with Gasteiger partial charge in [-0.1, -0.05) is 38.3 Å². The number of ether oxygens (including phenoxy) is 3. The molecular formula is C32H39NO4. The van der Waals surface area contributed by atoms with E-state index in [1.807, 2.05) is 66.7 Å². The van der Waals surface area contributed by atoms with Crippen molar-refractivity contribution in [3.8, 4) is 28.4 Å². The van der Waals surface area contributed by atoms with Crippen molar-refractivity contribution in [1.82, 2.24) is 4.90 Å². The van der Waals surface area contributed by atoms with E-state index in [0.717, 1.165) is 48.6 Å². The molecule has 3 aromatic rings. The van der Waals surface area contributed by atoms with Crippen LogP contribution in [0.5, 0.6) is 17.2 Å². The minimum atomic E-state index is -0.0311. The van der Waals surface area contributed by atoms with Gasteiger partial charge in [-0.25, -0.2) is 0 Å². The Hall–Kier alpha value is -3.31. The number of ketones is 1. The number of piperidine rings is 1. The predicted octanol–water partition coefficient (Wildman–Crippen LogP) is 7.03. The molecule has 0 aliphatic carbocycles. The Morgan fingerprint density at radius 1 is 0.811 bits per heavy atom. The fourth-order valence-electron chi connectivity index (χ4n) is 4.90. The van der Waals surface area contributed by atoms with E-state index in [2.05, 4.69) is 11.8 Å². The van der Waals surface area contributed by atoms with Crippen molar-refractivity contribution in [3.05, 3.63) is 77.9 Å². The van der Waals surface area contributed by atoms with E-state index in [9.17, 15) is 4.79 Å². The Labute approximate surface area is 221 Å². The van der Waals surface area contributed by atoms with Crippen molar-refractivity contribution in [2.45, 2.75) is 51.6 Å². The fourth-order valence-corrected chi connectivity index (χ4v) is 4.90. The van der Waals surface area contributed by atoms with Gasteiger partial charge in [-0.2, -0.15) is 0 Å². The SMILES string of the molecule is CCCCCCN1CCC(Oc2ccc(C(=O)c3ccc(OC)cc3-c3ccc(OC)cc3)cc2)CC1. The molecule has 37 heavy (non-hydrogen) atoms. The molecule has 1 heterocycles. The van der Waals surface area contributed by atoms with Crippen LogP contribution in [-0.2, 0) is 0 Å². The third-order valence-corrected chi connectivity index (χ3v) is 7.15. The summed E-state index contributed by atoms with van der Waals surface area (Å²) < 4.78 is 17.0. The van der Waals surface area contributed by atoms with Crippen LogP contribution in [0.25, 0.3) is 11.1 Å². The Morgan fingerprint density at radius 2 is 1.46 bits per heavy atom. The molecule has 0 saturated carbocycles. The molecular weight excluding hydrogens is 462 g/mol. The van der Waals surface area contributed by atoms with Crippen LogP contribution in [-0.4, -0.2) is 50.6 Å². The lowest BCUT2D eigenvalue weighted by atomic mass is 9.93. The summed E-state index contributed by atoms with van der Waals surface area (Å²) in [6.45, 7) is 5.65. The van der Waals surface area contributed by atoms with Crippen molar-refractivity contribution in [3.63, 3.8) is 0 Å². The summed E-state index contributed by atoms with van der Waals surface area (Å²) >= 11 is 0. The van der Waals surface area contributed by atoms with E-state index in [0.29, 0.717) is 16.9 Å². The van der Waals surface area contributed by atoms with E-state index >= 15 is 0 Å². The highest BCUT2D eigenvalue weighted by atomic mass is 16.5. The van der Waals surface area contributed by atoms with E-state index < -0.39 is 0 Å². The summed E-state index contributed by atoms with van der Waals surface area (Å²) in [5, 5.41) is 0. The molecule has 5 nitrogen and oxygen atoms in total. The topological polar surface area (TPSA) is 48.0 Å². The van der Waals surface area contributed by atoms with Crippen LogP contribution < -0.4 is 14.2 Å². The van der Waals surface area contributed by atoms with Crippen LogP contribution in [0.2, 0.25) is 0 Å². The summed E-state index contributed by atoms with van der Waals surface area (Å²) in [6, 6.07) is 20.8. The molecule has 0 bridgehead atoms. The van der Waals surface area contributed by atoms with E-state index in [4.69, 9.17) is 14.2 Å². The van der Waals surface area contributed by atoms with Crippen LogP contribution in [0.1, 0.15) is 61.4 Å². The number of carbonyl (C=O) groups excluding carboxylic acids is 1. The van der Waals surface area contributed by atoms with Gasteiger partial charge in [-0.15, -0.1) is 0 Å². The summed E-state index contributed by atoms with van der Waals surface area (Å²) in [7, 11) is 3.27. The third kappa shape index (κ3) is 7.14. The molecule has 1 aliphatic heterocycles. The second kappa shape index (κ2) is 13.3. The number of unbranched alkanes of at least 4 members (excludes halogenated alkanes) is 3. The highest BCUT2D eigenvalue weighted by molar-refractivity contribution is 6.13. The average Bonchev–Trinajstić information content (AvgIpc) is 2.96. The molecule has 0 N–H and O–H groups in total. The molecule has 0 aromatic heterocycles. The Balaban J connectivity index is 1.40. The van der Waals surface area contributed by atoms with Crippen LogP contribution in [0, 0.1) is 0 Å². The minimum absolute atomic E-state index is 0.0311. The van der Waals surface area contributed by atoms with Crippen LogP contribution in [0.3, 0.4) is 0 Å². The lowest BCUT2D eigenvalue weighted by Gasteiger charge is -2.32. The van der Waals surface area contributed by atoms with Gasteiger partial charge in [0.15, 0.2) is 5.78 Å². The van der Waals surface area contributed by atoms with E-state index in [-0.39, 0.29) is 11.9 Å². The number of nitrogens with zero attached hydrogens (tertiary/aromatic N) is 1. The zero-order chi connectivity index (χ0) is 26.0. The van der Waals surface area contributed by atoms with Gasteiger partial charge in [0.1, 0.15) is 23.4 Å². The molecule has 0 atom stereocenters. The summed E-state index contributed by atoms with van der Waals surface area (Å²) in [4.78, 5) is 16.1. The first kappa shape index (κ1) is 26.7. The van der Waals surface area contributed by atoms with Crippen molar-refractivity contribution in [1.29, 1.82) is 0 Å². The Kier molecular flexibility index (Phi) is 9.61. The number of rotatable bonds is 12. The first-order chi connectivity index (χ1) is 18.1. The number of benzene rings is 3. The van der Waals surface area contributed by atoms with Gasteiger partial charge in [0.25, 0.3) is 0 Å². The molecule has 0 amide bonds. The van der Waals surface area contributed by atoms with Crippen LogP contribution >= 0.6 is 0 Å². The summed E-state index contributed by atoms with van der Waals surface area (Å²) in [5.74, 6) is 2.27. The Bertz CT molecular complexity index is 1130. The minimum Gasteiger partial charge on any atom is -0.497 e. The molecule has 5 heteroatoms. The number of hydrogen-bond donors (Lipinski definition) is 0. The zero-order valence-corrected chi connectivity index (χ0v) is 22.4. The lowest BCUT2D eigenvalue weighted by Crippen LogP contribution is -2.38. The Morgan fingerprint density at radius 3 is 2.11 bits per heavy atom. The molecule has 1 saturated heterocycles. The van der Waals surface area contributed by atoms with Crippen molar-refractivity contribution in [2.75, 3.05) is 33.9 Å². The monoisotopic (exact) mass is 501 g/mol. The molecule has 0 radical (unpaired) electrons. The maximum atomic E-state index is 13.5. The van der Waals surface area contributed by atoms with Gasteiger partial charge in [-0.05, 0) is 91.5 Å². The molecule has 1 fully saturated rings. The number of carbonyl (C=O) groups is 1. The molecule has 3 aromatic carbocycles. The van der Waals surface area contributed by atoms with Crippen molar-refractivity contribution >= 4 is 5.78 Å². The molecule has 4 rings (SSSR count). The maximum absolute atomic E-state index is 13.5. The van der Waals surface area contributed by atoms with Gasteiger partial charge in [0, 0.05) is 24.2 Å². The smallest absolute Gasteiger partial charge is 0.193 e. The second-order valence-electron chi connectivity index (χ2n) is 9.71. The quantitative estimate of drug-likeness (QED) is 0.197. The molecule has 1 aliphatic rings. The number of methoxy groups -OCH3 is 2. The first-order valence-corrected chi connectivity index (χ1v) is 13.5. The highest BCUT2D eigenvalue weighted by Gasteiger charge is 2.21. The standard InChI is InChI=1S/C32H39NO4/c1-4-5-6-7-20-33-21-18-28(19-22-33)37-27-14-10-25(11-15-27)32(34)30-17-16-29(36-3)23-31(30)24-8-12-26(35-2)13-9-24/h8-17,23,28H,4-7,18-22H2,1-3H3. The third-order valence-electron chi connectivity index (χ3n) is 7.15. The van der Waals surface area contributed by atoms with Crippen molar-refractivity contribution < 1.29 is 19.0 Å². The first-order valence-electron chi connectivity index (χ1n) is 13.5. The van der Waals surface area contributed by atoms with Gasteiger partial charge >= 0.3 is 0 Å². The van der Waals surface area contributed by atoms with Crippen LogP contribution in [0.4, 0.5) is 0 Å². The number of likely N-dealkylation sites (tertiary alicyclic amines) is 1.